The van der Waals surface area contributed by atoms with Gasteiger partial charge in [-0.2, -0.15) is 0 Å². The Hall–Kier alpha value is -1.22. The van der Waals surface area contributed by atoms with E-state index in [0.29, 0.717) is 0 Å². The minimum absolute atomic E-state index is 0.230. The number of nitrogens with one attached hydrogen (secondary N) is 2. The fourth-order valence-corrected chi connectivity index (χ4v) is 3.02. The first-order valence-electron chi connectivity index (χ1n) is 6.12. The SMILES string of the molecule is NC1=CC2=C(C=CCN2)CC12CCNCC2. The fourth-order valence-electron chi connectivity index (χ4n) is 3.02. The van der Waals surface area contributed by atoms with E-state index in [4.69, 9.17) is 5.73 Å². The second kappa shape index (κ2) is 3.67. The van der Waals surface area contributed by atoms with Gasteiger partial charge in [-0.15, -0.1) is 0 Å². The smallest absolute Gasteiger partial charge is 0.0392 e. The maximum Gasteiger partial charge on any atom is 0.0392 e. The van der Waals surface area contributed by atoms with Crippen LogP contribution in [0.15, 0.2) is 35.2 Å². The molecule has 16 heavy (non-hydrogen) atoms. The molecular formula is C13H19N3. The largest absolute Gasteiger partial charge is 0.402 e. The second-order valence-electron chi connectivity index (χ2n) is 5.03. The molecule has 0 amide bonds. The molecule has 1 fully saturated rings. The molecule has 0 atom stereocenters. The number of allylic oxidation sites excluding steroid dienone is 4. The van der Waals surface area contributed by atoms with Crippen LogP contribution in [0.25, 0.3) is 0 Å². The number of dihydropyridines is 1. The predicted molar refractivity (Wildman–Crippen MR) is 65.6 cm³/mol. The molecule has 0 radical (unpaired) electrons. The fraction of sp³-hybridized carbons (Fsp3) is 0.538. The van der Waals surface area contributed by atoms with Gasteiger partial charge in [0.2, 0.25) is 0 Å². The van der Waals surface area contributed by atoms with Crippen LogP contribution in [-0.4, -0.2) is 19.6 Å². The lowest BCUT2D eigenvalue weighted by molar-refractivity contribution is 0.245. The summed E-state index contributed by atoms with van der Waals surface area (Å²) in [5, 5.41) is 6.81. The lowest BCUT2D eigenvalue weighted by Crippen LogP contribution is -2.42. The molecule has 3 aliphatic rings. The summed E-state index contributed by atoms with van der Waals surface area (Å²) >= 11 is 0. The van der Waals surface area contributed by atoms with E-state index in [1.165, 1.54) is 24.1 Å². The Bertz CT molecular complexity index is 384. The Labute approximate surface area is 96.5 Å². The highest BCUT2D eigenvalue weighted by atomic mass is 14.9. The zero-order chi connectivity index (χ0) is 11.0. The Balaban J connectivity index is 1.93. The molecule has 3 heteroatoms. The highest BCUT2D eigenvalue weighted by molar-refractivity contribution is 5.43. The van der Waals surface area contributed by atoms with Crippen LogP contribution in [0.2, 0.25) is 0 Å². The molecule has 1 aliphatic carbocycles. The van der Waals surface area contributed by atoms with Gasteiger partial charge in [-0.25, -0.2) is 0 Å². The lowest BCUT2D eigenvalue weighted by atomic mass is 9.68. The third-order valence-corrected chi connectivity index (χ3v) is 4.08. The molecule has 2 heterocycles. The number of hydrogen-bond acceptors (Lipinski definition) is 3. The van der Waals surface area contributed by atoms with Crippen molar-refractivity contribution in [1.29, 1.82) is 0 Å². The topological polar surface area (TPSA) is 50.1 Å². The summed E-state index contributed by atoms with van der Waals surface area (Å²) in [6, 6.07) is 0. The Morgan fingerprint density at radius 3 is 2.88 bits per heavy atom. The van der Waals surface area contributed by atoms with Crippen LogP contribution in [0.1, 0.15) is 19.3 Å². The van der Waals surface area contributed by atoms with E-state index < -0.39 is 0 Å². The summed E-state index contributed by atoms with van der Waals surface area (Å²) in [6.07, 6.45) is 10.1. The Kier molecular flexibility index (Phi) is 2.28. The predicted octanol–water partition coefficient (Wildman–Crippen LogP) is 1.02. The molecule has 0 aromatic rings. The van der Waals surface area contributed by atoms with Crippen LogP contribution in [0.3, 0.4) is 0 Å². The van der Waals surface area contributed by atoms with Crippen molar-refractivity contribution in [3.63, 3.8) is 0 Å². The zero-order valence-electron chi connectivity index (χ0n) is 9.55. The Morgan fingerprint density at radius 1 is 1.25 bits per heavy atom. The number of hydrogen-bond donors (Lipinski definition) is 3. The molecule has 0 aromatic heterocycles. The van der Waals surface area contributed by atoms with Gasteiger partial charge in [0, 0.05) is 23.4 Å². The first-order valence-corrected chi connectivity index (χ1v) is 6.12. The lowest BCUT2D eigenvalue weighted by Gasteiger charge is -2.42. The van der Waals surface area contributed by atoms with Crippen molar-refractivity contribution in [2.45, 2.75) is 19.3 Å². The summed E-state index contributed by atoms with van der Waals surface area (Å²) in [5.74, 6) is 0. The van der Waals surface area contributed by atoms with E-state index in [9.17, 15) is 0 Å². The van der Waals surface area contributed by atoms with Gasteiger partial charge in [0.1, 0.15) is 0 Å². The molecule has 1 saturated heterocycles. The van der Waals surface area contributed by atoms with Gasteiger partial charge in [-0.3, -0.25) is 0 Å². The molecule has 0 aromatic carbocycles. The van der Waals surface area contributed by atoms with Crippen molar-refractivity contribution in [2.24, 2.45) is 11.1 Å². The van der Waals surface area contributed by atoms with Gasteiger partial charge in [0.05, 0.1) is 0 Å². The summed E-state index contributed by atoms with van der Waals surface area (Å²) in [6.45, 7) is 3.11. The number of nitrogens with two attached hydrogens (primary N) is 1. The molecular weight excluding hydrogens is 198 g/mol. The van der Waals surface area contributed by atoms with Crippen LogP contribution >= 0.6 is 0 Å². The van der Waals surface area contributed by atoms with E-state index >= 15 is 0 Å². The molecule has 2 aliphatic heterocycles. The van der Waals surface area contributed by atoms with Crippen molar-refractivity contribution in [3.05, 3.63) is 35.2 Å². The van der Waals surface area contributed by atoms with E-state index in [0.717, 1.165) is 31.8 Å². The number of piperidine rings is 1. The van der Waals surface area contributed by atoms with Crippen LogP contribution in [-0.2, 0) is 0 Å². The van der Waals surface area contributed by atoms with E-state index in [2.05, 4.69) is 28.9 Å². The molecule has 0 saturated carbocycles. The van der Waals surface area contributed by atoms with E-state index in [1.54, 1.807) is 0 Å². The summed E-state index contributed by atoms with van der Waals surface area (Å²) in [4.78, 5) is 0. The van der Waals surface area contributed by atoms with Crippen molar-refractivity contribution in [3.8, 4) is 0 Å². The average molecular weight is 217 g/mol. The third-order valence-electron chi connectivity index (χ3n) is 4.08. The van der Waals surface area contributed by atoms with Crippen LogP contribution in [0.5, 0.6) is 0 Å². The highest BCUT2D eigenvalue weighted by Crippen LogP contribution is 2.44. The average Bonchev–Trinajstić information content (AvgIpc) is 2.32. The summed E-state index contributed by atoms with van der Waals surface area (Å²) < 4.78 is 0. The summed E-state index contributed by atoms with van der Waals surface area (Å²) in [7, 11) is 0. The second-order valence-corrected chi connectivity index (χ2v) is 5.03. The highest BCUT2D eigenvalue weighted by Gasteiger charge is 2.38. The van der Waals surface area contributed by atoms with Crippen molar-refractivity contribution in [1.82, 2.24) is 10.6 Å². The van der Waals surface area contributed by atoms with Crippen molar-refractivity contribution >= 4 is 0 Å². The van der Waals surface area contributed by atoms with Crippen molar-refractivity contribution in [2.75, 3.05) is 19.6 Å². The standard InChI is InChI=1S/C13H19N3/c14-12-8-11-10(2-1-5-16-11)9-13(12)3-6-15-7-4-13/h1-2,8,15-16H,3-7,9,14H2. The third kappa shape index (κ3) is 1.47. The maximum atomic E-state index is 6.29. The van der Waals surface area contributed by atoms with Gasteiger partial charge in [0.25, 0.3) is 0 Å². The quantitative estimate of drug-likeness (QED) is 0.568. The van der Waals surface area contributed by atoms with E-state index in [1.807, 2.05) is 0 Å². The van der Waals surface area contributed by atoms with Crippen molar-refractivity contribution < 1.29 is 0 Å². The van der Waals surface area contributed by atoms with Gasteiger partial charge in [-0.05, 0) is 44.0 Å². The molecule has 86 valence electrons. The Morgan fingerprint density at radius 2 is 2.06 bits per heavy atom. The minimum Gasteiger partial charge on any atom is -0.402 e. The van der Waals surface area contributed by atoms with Crippen LogP contribution < -0.4 is 16.4 Å². The molecule has 3 nitrogen and oxygen atoms in total. The minimum atomic E-state index is 0.230. The molecule has 0 bridgehead atoms. The normalized spacial score (nSPS) is 27.4. The van der Waals surface area contributed by atoms with Crippen LogP contribution in [0.4, 0.5) is 0 Å². The van der Waals surface area contributed by atoms with Gasteiger partial charge in [0.15, 0.2) is 0 Å². The molecule has 3 rings (SSSR count). The van der Waals surface area contributed by atoms with Gasteiger partial charge < -0.3 is 16.4 Å². The van der Waals surface area contributed by atoms with E-state index in [-0.39, 0.29) is 5.41 Å². The first kappa shape index (κ1) is 9.97. The summed E-state index contributed by atoms with van der Waals surface area (Å²) in [5.41, 5.74) is 10.3. The first-order chi connectivity index (χ1) is 7.80. The molecule has 1 spiro atoms. The number of rotatable bonds is 0. The molecule has 4 N–H and O–H groups in total. The maximum absolute atomic E-state index is 6.29. The monoisotopic (exact) mass is 217 g/mol. The zero-order valence-corrected chi connectivity index (χ0v) is 9.55. The molecule has 0 unspecified atom stereocenters. The van der Waals surface area contributed by atoms with Gasteiger partial charge >= 0.3 is 0 Å². The van der Waals surface area contributed by atoms with Crippen LogP contribution in [0, 0.1) is 5.41 Å². The van der Waals surface area contributed by atoms with Gasteiger partial charge in [-0.1, -0.05) is 12.2 Å².